The van der Waals surface area contributed by atoms with Crippen LogP contribution in [-0.2, 0) is 0 Å². The van der Waals surface area contributed by atoms with Crippen molar-refractivity contribution in [2.24, 2.45) is 0 Å². The quantitative estimate of drug-likeness (QED) is 0.929. The second kappa shape index (κ2) is 5.53. The van der Waals surface area contributed by atoms with Crippen molar-refractivity contribution in [1.82, 2.24) is 5.16 Å². The number of halogens is 1. The third kappa shape index (κ3) is 2.39. The Morgan fingerprint density at radius 3 is 2.68 bits per heavy atom. The fourth-order valence-corrected chi connectivity index (χ4v) is 2.91. The number of carboxylic acid groups (broad SMARTS) is 1. The normalized spacial score (nSPS) is 13.5. The Labute approximate surface area is 131 Å². The minimum absolute atomic E-state index is 0.0864. The lowest BCUT2D eigenvalue weighted by molar-refractivity contribution is 0.0652. The lowest BCUT2D eigenvalue weighted by Gasteiger charge is -2.23. The molecule has 1 aliphatic heterocycles. The summed E-state index contributed by atoms with van der Waals surface area (Å²) in [4.78, 5) is 11.0. The summed E-state index contributed by atoms with van der Waals surface area (Å²) in [5.74, 6) is -0.273. The number of ether oxygens (including phenoxy) is 2. The predicted molar refractivity (Wildman–Crippen MR) is 79.0 cm³/mol. The van der Waals surface area contributed by atoms with Gasteiger partial charge < -0.3 is 19.1 Å². The fraction of sp³-hybridized carbons (Fsp3) is 0.333. The van der Waals surface area contributed by atoms with E-state index in [0.29, 0.717) is 41.0 Å². The predicted octanol–water partition coefficient (Wildman–Crippen LogP) is 3.59. The summed E-state index contributed by atoms with van der Waals surface area (Å²) < 4.78 is 16.0. The molecule has 0 atom stereocenters. The zero-order valence-electron chi connectivity index (χ0n) is 12.1. The average Bonchev–Trinajstić information content (AvgIpc) is 2.96. The van der Waals surface area contributed by atoms with Gasteiger partial charge in [-0.2, -0.15) is 0 Å². The molecule has 0 unspecified atom stereocenters. The van der Waals surface area contributed by atoms with E-state index in [4.69, 9.17) is 30.7 Å². The first-order valence-corrected chi connectivity index (χ1v) is 7.19. The van der Waals surface area contributed by atoms with Gasteiger partial charge in [-0.15, -0.1) is 0 Å². The highest BCUT2D eigenvalue weighted by Crippen LogP contribution is 2.46. The van der Waals surface area contributed by atoms with Crippen molar-refractivity contribution in [3.8, 4) is 22.8 Å². The number of fused-ring (bicyclic) bond motifs is 1. The molecular weight excluding hydrogens is 310 g/mol. The lowest BCUT2D eigenvalue weighted by atomic mass is 9.94. The molecule has 1 aliphatic rings. The summed E-state index contributed by atoms with van der Waals surface area (Å²) in [6, 6.07) is 3.13. The Hall–Kier alpha value is -2.21. The van der Waals surface area contributed by atoms with E-state index in [0.717, 1.165) is 5.56 Å². The lowest BCUT2D eigenvalue weighted by Crippen LogP contribution is -2.16. The topological polar surface area (TPSA) is 81.8 Å². The zero-order valence-corrected chi connectivity index (χ0v) is 12.8. The van der Waals surface area contributed by atoms with Gasteiger partial charge in [-0.25, -0.2) is 4.79 Å². The highest BCUT2D eigenvalue weighted by atomic mass is 35.5. The minimum atomic E-state index is -1.17. The van der Waals surface area contributed by atoms with Crippen molar-refractivity contribution in [1.29, 1.82) is 0 Å². The molecule has 6 nitrogen and oxygen atoms in total. The number of aromatic nitrogens is 1. The first kappa shape index (κ1) is 14.7. The molecule has 22 heavy (non-hydrogen) atoms. The maximum absolute atomic E-state index is 11.0. The maximum atomic E-state index is 11.0. The number of hydrogen-bond acceptors (Lipinski definition) is 5. The largest absolute Gasteiger partial charge is 0.486 e. The van der Waals surface area contributed by atoms with Gasteiger partial charge in [0, 0.05) is 11.6 Å². The van der Waals surface area contributed by atoms with Gasteiger partial charge in [0.2, 0.25) is 5.76 Å². The Morgan fingerprint density at radius 1 is 1.32 bits per heavy atom. The van der Waals surface area contributed by atoms with Gasteiger partial charge >= 0.3 is 5.97 Å². The van der Waals surface area contributed by atoms with Gasteiger partial charge in [-0.1, -0.05) is 30.6 Å². The van der Waals surface area contributed by atoms with Crippen molar-refractivity contribution in [3.05, 3.63) is 28.5 Å². The Balaban J connectivity index is 2.20. The minimum Gasteiger partial charge on any atom is -0.486 e. The van der Waals surface area contributed by atoms with E-state index in [2.05, 4.69) is 5.16 Å². The monoisotopic (exact) mass is 323 g/mol. The third-order valence-electron chi connectivity index (χ3n) is 3.39. The average molecular weight is 324 g/mol. The summed E-state index contributed by atoms with van der Waals surface area (Å²) in [5.41, 5.74) is 1.90. The molecule has 0 radical (unpaired) electrons. The molecule has 0 amide bonds. The number of nitrogens with zero attached hydrogens (tertiary/aromatic N) is 1. The van der Waals surface area contributed by atoms with E-state index in [9.17, 15) is 4.79 Å². The van der Waals surface area contributed by atoms with Crippen LogP contribution in [0.2, 0.25) is 5.02 Å². The molecule has 1 N–H and O–H groups in total. The highest BCUT2D eigenvalue weighted by Gasteiger charge is 2.26. The van der Waals surface area contributed by atoms with E-state index >= 15 is 0 Å². The molecule has 116 valence electrons. The van der Waals surface area contributed by atoms with Crippen molar-refractivity contribution >= 4 is 17.6 Å². The SMILES string of the molecule is CC(C)c1c(-c2cc(C(=O)O)on2)cc2c(c1Cl)OCCO2. The van der Waals surface area contributed by atoms with Crippen LogP contribution in [0.25, 0.3) is 11.3 Å². The highest BCUT2D eigenvalue weighted by molar-refractivity contribution is 6.33. The maximum Gasteiger partial charge on any atom is 0.374 e. The van der Waals surface area contributed by atoms with E-state index in [1.54, 1.807) is 6.07 Å². The van der Waals surface area contributed by atoms with Crippen molar-refractivity contribution in [3.63, 3.8) is 0 Å². The molecule has 0 saturated carbocycles. The molecule has 1 aromatic carbocycles. The van der Waals surface area contributed by atoms with Crippen LogP contribution < -0.4 is 9.47 Å². The molecule has 3 rings (SSSR count). The molecule has 2 aromatic rings. The second-order valence-electron chi connectivity index (χ2n) is 5.21. The van der Waals surface area contributed by atoms with Crippen molar-refractivity contribution in [2.75, 3.05) is 13.2 Å². The first-order valence-electron chi connectivity index (χ1n) is 6.81. The van der Waals surface area contributed by atoms with Crippen LogP contribution in [0.15, 0.2) is 16.7 Å². The van der Waals surface area contributed by atoms with Crippen LogP contribution in [0, 0.1) is 0 Å². The zero-order chi connectivity index (χ0) is 15.9. The second-order valence-corrected chi connectivity index (χ2v) is 5.59. The standard InChI is InChI=1S/C15H14ClNO5/c1-7(2)12-8(9-6-11(15(18)19)22-17-9)5-10-14(13(12)16)21-4-3-20-10/h5-7H,3-4H2,1-2H3,(H,18,19). The summed E-state index contributed by atoms with van der Waals surface area (Å²) in [5, 5.41) is 13.3. The number of hydrogen-bond donors (Lipinski definition) is 1. The molecule has 0 bridgehead atoms. The summed E-state index contributed by atoms with van der Waals surface area (Å²) >= 11 is 6.47. The Kier molecular flexibility index (Phi) is 3.70. The van der Waals surface area contributed by atoms with Gasteiger partial charge in [-0.3, -0.25) is 0 Å². The molecule has 7 heteroatoms. The van der Waals surface area contributed by atoms with Gasteiger partial charge in [-0.05, 0) is 17.5 Å². The number of benzene rings is 1. The Bertz CT molecular complexity index is 738. The molecule has 1 aromatic heterocycles. The van der Waals surface area contributed by atoms with Crippen LogP contribution in [0.5, 0.6) is 11.5 Å². The van der Waals surface area contributed by atoms with Crippen LogP contribution >= 0.6 is 11.6 Å². The van der Waals surface area contributed by atoms with E-state index in [1.807, 2.05) is 13.8 Å². The van der Waals surface area contributed by atoms with E-state index in [-0.39, 0.29) is 11.7 Å². The van der Waals surface area contributed by atoms with Crippen LogP contribution in [0.4, 0.5) is 0 Å². The van der Waals surface area contributed by atoms with E-state index < -0.39 is 5.97 Å². The molecular formula is C15H14ClNO5. The number of carboxylic acids is 1. The van der Waals surface area contributed by atoms with Gasteiger partial charge in [0.1, 0.15) is 18.9 Å². The number of rotatable bonds is 3. The molecule has 0 aliphatic carbocycles. The number of carbonyl (C=O) groups is 1. The van der Waals surface area contributed by atoms with E-state index in [1.165, 1.54) is 6.07 Å². The van der Waals surface area contributed by atoms with Crippen LogP contribution in [-0.4, -0.2) is 29.4 Å². The molecule has 2 heterocycles. The van der Waals surface area contributed by atoms with Gasteiger partial charge in [0.15, 0.2) is 11.5 Å². The molecule has 0 fully saturated rings. The van der Waals surface area contributed by atoms with Crippen molar-refractivity contribution in [2.45, 2.75) is 19.8 Å². The summed E-state index contributed by atoms with van der Waals surface area (Å²) in [6.45, 7) is 4.84. The number of aromatic carboxylic acids is 1. The van der Waals surface area contributed by atoms with Crippen LogP contribution in [0.3, 0.4) is 0 Å². The molecule has 0 saturated heterocycles. The Morgan fingerprint density at radius 2 is 2.05 bits per heavy atom. The summed E-state index contributed by atoms with van der Waals surface area (Å²) in [6.07, 6.45) is 0. The smallest absolute Gasteiger partial charge is 0.374 e. The third-order valence-corrected chi connectivity index (χ3v) is 3.76. The first-order chi connectivity index (χ1) is 10.5. The molecule has 0 spiro atoms. The van der Waals surface area contributed by atoms with Crippen molar-refractivity contribution < 1.29 is 23.9 Å². The van der Waals surface area contributed by atoms with Gasteiger partial charge in [0.05, 0.1) is 5.02 Å². The van der Waals surface area contributed by atoms with Gasteiger partial charge in [0.25, 0.3) is 0 Å². The van der Waals surface area contributed by atoms with Crippen LogP contribution in [0.1, 0.15) is 35.9 Å². The summed E-state index contributed by atoms with van der Waals surface area (Å²) in [7, 11) is 0. The fourth-order valence-electron chi connectivity index (χ4n) is 2.44.